The number of carbonyl (C=O) groups excluding carboxylic acids is 2. The Labute approximate surface area is 193 Å². The van der Waals surface area contributed by atoms with Gasteiger partial charge >= 0.3 is 5.97 Å². The second-order valence-electron chi connectivity index (χ2n) is 7.03. The summed E-state index contributed by atoms with van der Waals surface area (Å²) in [5.41, 5.74) is 1.29. The third-order valence-electron chi connectivity index (χ3n) is 4.85. The SMILES string of the molecule is N#CCCN(C(=O)COC(=O)c1ccc(-c2ccc3c(c2)OCCO3)s1)c1ccc(F)cc1. The van der Waals surface area contributed by atoms with E-state index in [1.54, 1.807) is 12.1 Å². The highest BCUT2D eigenvalue weighted by atomic mass is 32.1. The van der Waals surface area contributed by atoms with Crippen molar-refractivity contribution in [2.24, 2.45) is 0 Å². The zero-order chi connectivity index (χ0) is 23.2. The fraction of sp³-hybridized carbons (Fsp3) is 0.208. The molecule has 1 aromatic heterocycles. The molecule has 0 saturated carbocycles. The van der Waals surface area contributed by atoms with E-state index >= 15 is 0 Å². The van der Waals surface area contributed by atoms with Gasteiger partial charge in [-0.05, 0) is 60.2 Å². The zero-order valence-electron chi connectivity index (χ0n) is 17.5. The molecule has 0 aliphatic carbocycles. The molecule has 33 heavy (non-hydrogen) atoms. The standard InChI is InChI=1S/C24H19FN2O5S/c25-17-3-5-18(6-4-17)27(11-1-10-26)23(28)15-32-24(29)22-9-8-21(33-22)16-2-7-19-20(14-16)31-13-12-30-19/h2-9,14H,1,11-13,15H2. The number of fused-ring (bicyclic) bond motifs is 1. The van der Waals surface area contributed by atoms with Crippen LogP contribution in [-0.2, 0) is 9.53 Å². The van der Waals surface area contributed by atoms with Crippen molar-refractivity contribution in [2.45, 2.75) is 6.42 Å². The number of carbonyl (C=O) groups is 2. The maximum absolute atomic E-state index is 13.2. The number of esters is 1. The van der Waals surface area contributed by atoms with Gasteiger partial charge in [0.05, 0.1) is 12.5 Å². The summed E-state index contributed by atoms with van der Waals surface area (Å²) in [6.07, 6.45) is 0.0842. The van der Waals surface area contributed by atoms with Gasteiger partial charge in [0.25, 0.3) is 5.91 Å². The largest absolute Gasteiger partial charge is 0.486 e. The second-order valence-corrected chi connectivity index (χ2v) is 8.11. The van der Waals surface area contributed by atoms with Crippen LogP contribution >= 0.6 is 11.3 Å². The van der Waals surface area contributed by atoms with Crippen LogP contribution in [0.3, 0.4) is 0 Å². The number of nitrogens with zero attached hydrogens (tertiary/aromatic N) is 2. The van der Waals surface area contributed by atoms with E-state index in [-0.39, 0.29) is 13.0 Å². The second kappa shape index (κ2) is 10.1. The van der Waals surface area contributed by atoms with Crippen LogP contribution in [0.15, 0.2) is 54.6 Å². The lowest BCUT2D eigenvalue weighted by atomic mass is 10.1. The van der Waals surface area contributed by atoms with E-state index in [0.29, 0.717) is 35.3 Å². The van der Waals surface area contributed by atoms with E-state index in [2.05, 4.69) is 0 Å². The highest BCUT2D eigenvalue weighted by Gasteiger charge is 2.20. The summed E-state index contributed by atoms with van der Waals surface area (Å²) in [6, 6.07) is 16.3. The summed E-state index contributed by atoms with van der Waals surface area (Å²) < 4.78 is 29.6. The smallest absolute Gasteiger partial charge is 0.348 e. The average molecular weight is 466 g/mol. The van der Waals surface area contributed by atoms with Crippen LogP contribution in [0.2, 0.25) is 0 Å². The first kappa shape index (κ1) is 22.3. The van der Waals surface area contributed by atoms with Gasteiger partial charge in [-0.1, -0.05) is 0 Å². The van der Waals surface area contributed by atoms with E-state index < -0.39 is 24.3 Å². The number of hydrogen-bond acceptors (Lipinski definition) is 7. The van der Waals surface area contributed by atoms with Gasteiger partial charge in [-0.15, -0.1) is 11.3 Å². The van der Waals surface area contributed by atoms with Crippen molar-refractivity contribution < 1.29 is 28.2 Å². The fourth-order valence-corrected chi connectivity index (χ4v) is 4.15. The molecule has 0 atom stereocenters. The molecule has 0 unspecified atom stereocenters. The van der Waals surface area contributed by atoms with Gasteiger partial charge in [0.15, 0.2) is 18.1 Å². The third-order valence-corrected chi connectivity index (χ3v) is 5.96. The molecule has 168 valence electrons. The van der Waals surface area contributed by atoms with Crippen LogP contribution in [0.5, 0.6) is 11.5 Å². The summed E-state index contributed by atoms with van der Waals surface area (Å²) >= 11 is 1.24. The monoisotopic (exact) mass is 466 g/mol. The molecule has 0 spiro atoms. The summed E-state index contributed by atoms with van der Waals surface area (Å²) in [5, 5.41) is 8.87. The van der Waals surface area contributed by atoms with Crippen molar-refractivity contribution in [3.63, 3.8) is 0 Å². The molecule has 1 aliphatic heterocycles. The number of thiophene rings is 1. The van der Waals surface area contributed by atoms with Gasteiger partial charge in [-0.2, -0.15) is 5.26 Å². The molecule has 0 N–H and O–H groups in total. The number of amides is 1. The van der Waals surface area contributed by atoms with Crippen molar-refractivity contribution in [1.82, 2.24) is 0 Å². The summed E-state index contributed by atoms with van der Waals surface area (Å²) in [4.78, 5) is 27.7. The molecule has 1 amide bonds. The molecule has 0 radical (unpaired) electrons. The minimum atomic E-state index is -0.628. The molecule has 0 bridgehead atoms. The first-order valence-corrected chi connectivity index (χ1v) is 11.0. The lowest BCUT2D eigenvalue weighted by molar-refractivity contribution is -0.121. The minimum Gasteiger partial charge on any atom is -0.486 e. The summed E-state index contributed by atoms with van der Waals surface area (Å²) in [7, 11) is 0. The molecular formula is C24H19FN2O5S. The predicted octanol–water partition coefficient (Wildman–Crippen LogP) is 4.43. The Kier molecular flexibility index (Phi) is 6.86. The highest BCUT2D eigenvalue weighted by molar-refractivity contribution is 7.17. The molecule has 0 saturated heterocycles. The molecular weight excluding hydrogens is 447 g/mol. The Morgan fingerprint density at radius 3 is 2.58 bits per heavy atom. The quantitative estimate of drug-likeness (QED) is 0.479. The number of hydrogen-bond donors (Lipinski definition) is 0. The summed E-state index contributed by atoms with van der Waals surface area (Å²) in [6.45, 7) is 0.593. The molecule has 9 heteroatoms. The predicted molar refractivity (Wildman–Crippen MR) is 120 cm³/mol. The Bertz CT molecular complexity index is 1200. The number of halogens is 1. The van der Waals surface area contributed by atoms with Crippen molar-refractivity contribution in [3.05, 3.63) is 65.3 Å². The van der Waals surface area contributed by atoms with Crippen LogP contribution in [0, 0.1) is 17.1 Å². The lowest BCUT2D eigenvalue weighted by Crippen LogP contribution is -2.35. The molecule has 4 rings (SSSR count). The van der Waals surface area contributed by atoms with E-state index in [4.69, 9.17) is 19.5 Å². The maximum atomic E-state index is 13.2. The average Bonchev–Trinajstić information content (AvgIpc) is 3.34. The van der Waals surface area contributed by atoms with E-state index in [0.717, 1.165) is 10.4 Å². The molecule has 3 aromatic rings. The van der Waals surface area contributed by atoms with Gasteiger partial charge in [-0.3, -0.25) is 4.79 Å². The van der Waals surface area contributed by atoms with E-state index in [1.807, 2.05) is 24.3 Å². The number of anilines is 1. The van der Waals surface area contributed by atoms with Crippen LogP contribution in [0.25, 0.3) is 10.4 Å². The fourth-order valence-electron chi connectivity index (χ4n) is 3.26. The van der Waals surface area contributed by atoms with Gasteiger partial charge in [0.1, 0.15) is 23.9 Å². The molecule has 0 fully saturated rings. The van der Waals surface area contributed by atoms with Gasteiger partial charge < -0.3 is 19.1 Å². The Balaban J connectivity index is 1.41. The van der Waals surface area contributed by atoms with Crippen molar-refractivity contribution >= 4 is 28.9 Å². The van der Waals surface area contributed by atoms with Crippen LogP contribution in [0.1, 0.15) is 16.1 Å². The maximum Gasteiger partial charge on any atom is 0.348 e. The van der Waals surface area contributed by atoms with Gasteiger partial charge in [0.2, 0.25) is 0 Å². The minimum absolute atomic E-state index is 0.0842. The molecule has 1 aliphatic rings. The highest BCUT2D eigenvalue weighted by Crippen LogP contribution is 2.37. The Morgan fingerprint density at radius 1 is 1.06 bits per heavy atom. The number of ether oxygens (including phenoxy) is 3. The van der Waals surface area contributed by atoms with Gasteiger partial charge in [0, 0.05) is 17.1 Å². The molecule has 2 aromatic carbocycles. The van der Waals surface area contributed by atoms with Crippen molar-refractivity contribution in [1.29, 1.82) is 5.26 Å². The third kappa shape index (κ3) is 5.30. The Hall–Kier alpha value is -3.90. The lowest BCUT2D eigenvalue weighted by Gasteiger charge is -2.21. The zero-order valence-corrected chi connectivity index (χ0v) is 18.3. The number of nitriles is 1. The first-order valence-electron chi connectivity index (χ1n) is 10.1. The summed E-state index contributed by atoms with van der Waals surface area (Å²) in [5.74, 6) is -0.239. The normalized spacial score (nSPS) is 12.0. The first-order chi connectivity index (χ1) is 16.0. The number of benzene rings is 2. The molecule has 7 nitrogen and oxygen atoms in total. The van der Waals surface area contributed by atoms with E-state index in [9.17, 15) is 14.0 Å². The van der Waals surface area contributed by atoms with Crippen LogP contribution in [-0.4, -0.2) is 38.2 Å². The van der Waals surface area contributed by atoms with E-state index in [1.165, 1.54) is 40.5 Å². The Morgan fingerprint density at radius 2 is 1.82 bits per heavy atom. The van der Waals surface area contributed by atoms with Crippen LogP contribution in [0.4, 0.5) is 10.1 Å². The van der Waals surface area contributed by atoms with Crippen molar-refractivity contribution in [3.8, 4) is 28.0 Å². The van der Waals surface area contributed by atoms with Crippen LogP contribution < -0.4 is 14.4 Å². The van der Waals surface area contributed by atoms with Gasteiger partial charge in [-0.25, -0.2) is 9.18 Å². The molecule has 2 heterocycles. The topological polar surface area (TPSA) is 88.9 Å². The number of rotatable bonds is 7. The van der Waals surface area contributed by atoms with Crippen molar-refractivity contribution in [2.75, 3.05) is 31.3 Å².